The number of nitrogens with one attached hydrogen (secondary N) is 1. The lowest BCUT2D eigenvalue weighted by Gasteiger charge is -1.98. The number of halogens is 1. The zero-order valence-electron chi connectivity index (χ0n) is 11.6. The summed E-state index contributed by atoms with van der Waals surface area (Å²) in [4.78, 5) is 13.0. The predicted octanol–water partition coefficient (Wildman–Crippen LogP) is 1.13. The fourth-order valence-corrected chi connectivity index (χ4v) is 2.99. The van der Waals surface area contributed by atoms with Crippen LogP contribution in [-0.2, 0) is 0 Å². The van der Waals surface area contributed by atoms with E-state index >= 15 is 0 Å². The van der Waals surface area contributed by atoms with Crippen molar-refractivity contribution in [2.75, 3.05) is 5.73 Å². The number of nitrogens with two attached hydrogens (primary N) is 1. The molecule has 23 heavy (non-hydrogen) atoms. The van der Waals surface area contributed by atoms with Crippen LogP contribution in [0.3, 0.4) is 0 Å². The molecule has 0 bridgehead atoms. The molecule has 0 aliphatic carbocycles. The van der Waals surface area contributed by atoms with Crippen LogP contribution in [-0.4, -0.2) is 37.4 Å². The highest BCUT2D eigenvalue weighted by Crippen LogP contribution is 2.18. The molecule has 0 spiro atoms. The molecule has 0 fully saturated rings. The monoisotopic (exact) mass is 396 g/mol. The van der Waals surface area contributed by atoms with E-state index in [0.717, 1.165) is 9.35 Å². The predicted molar refractivity (Wildman–Crippen MR) is 85.4 cm³/mol. The van der Waals surface area contributed by atoms with Gasteiger partial charge in [0.25, 0.3) is 5.91 Å². The van der Waals surface area contributed by atoms with Crippen molar-refractivity contribution < 1.29 is 9.42 Å². The van der Waals surface area contributed by atoms with E-state index in [1.54, 1.807) is 6.92 Å². The van der Waals surface area contributed by atoms with Gasteiger partial charge in [0, 0.05) is 14.7 Å². The molecular weight excluding hydrogens is 388 g/mol. The summed E-state index contributed by atoms with van der Waals surface area (Å²) in [6, 6.07) is 1.88. The Morgan fingerprint density at radius 3 is 3.04 bits per heavy atom. The summed E-state index contributed by atoms with van der Waals surface area (Å²) < 4.78 is 6.72. The number of nitrogen functional groups attached to an aromatic ring is 1. The number of hydrogen-bond acceptors (Lipinski definition) is 9. The minimum atomic E-state index is -0.504. The molecule has 3 N–H and O–H groups in total. The number of hydrazone groups is 1. The van der Waals surface area contributed by atoms with E-state index in [1.165, 1.54) is 22.2 Å². The molecule has 12 heteroatoms. The van der Waals surface area contributed by atoms with Crippen molar-refractivity contribution in [3.63, 3.8) is 0 Å². The minimum absolute atomic E-state index is 0.0475. The standard InChI is InChI=1S/C11H9BrN8O2S/c1-5-8(15-19-20(5)10-9(13)17-22-18-10)11(21)16-14-3-7-2-6(12)4-23-7/h2-4H,1H3,(H2,13,17)(H,16,21)/b14-3-. The van der Waals surface area contributed by atoms with Crippen molar-refractivity contribution >= 4 is 45.2 Å². The average molecular weight is 397 g/mol. The number of anilines is 1. The second-order valence-corrected chi connectivity index (χ2v) is 6.13. The van der Waals surface area contributed by atoms with E-state index in [2.05, 4.69) is 51.7 Å². The third-order valence-corrected chi connectivity index (χ3v) is 4.38. The summed E-state index contributed by atoms with van der Waals surface area (Å²) in [7, 11) is 0. The molecule has 0 aliphatic heterocycles. The number of aromatic nitrogens is 5. The fourth-order valence-electron chi connectivity index (χ4n) is 1.68. The number of hydrogen-bond donors (Lipinski definition) is 2. The fraction of sp³-hybridized carbons (Fsp3) is 0.0909. The minimum Gasteiger partial charge on any atom is -0.378 e. The molecule has 0 aliphatic rings. The largest absolute Gasteiger partial charge is 0.378 e. The quantitative estimate of drug-likeness (QED) is 0.497. The molecule has 3 aromatic heterocycles. The topological polar surface area (TPSA) is 137 Å². The lowest BCUT2D eigenvalue weighted by atomic mass is 10.3. The summed E-state index contributed by atoms with van der Waals surface area (Å²) in [6.45, 7) is 1.64. The van der Waals surface area contributed by atoms with Crippen LogP contribution in [0.15, 0.2) is 25.6 Å². The smallest absolute Gasteiger partial charge is 0.293 e. The number of carbonyl (C=O) groups excluding carboxylic acids is 1. The van der Waals surface area contributed by atoms with Gasteiger partial charge in [-0.05, 0) is 39.2 Å². The first-order chi connectivity index (χ1) is 11.1. The van der Waals surface area contributed by atoms with E-state index in [-0.39, 0.29) is 17.3 Å². The Bertz CT molecular complexity index is 882. The highest BCUT2D eigenvalue weighted by Gasteiger charge is 2.20. The van der Waals surface area contributed by atoms with E-state index in [1.807, 2.05) is 11.4 Å². The maximum Gasteiger partial charge on any atom is 0.293 e. The average Bonchev–Trinajstić information content (AvgIpc) is 3.20. The lowest BCUT2D eigenvalue weighted by molar-refractivity contribution is 0.0949. The normalized spacial score (nSPS) is 11.2. The van der Waals surface area contributed by atoms with Crippen LogP contribution in [0.2, 0.25) is 0 Å². The maximum atomic E-state index is 12.1. The Hall–Kier alpha value is -2.60. The Labute approximate surface area is 141 Å². The van der Waals surface area contributed by atoms with Crippen LogP contribution < -0.4 is 11.2 Å². The molecule has 3 rings (SSSR count). The van der Waals surface area contributed by atoms with E-state index in [4.69, 9.17) is 5.73 Å². The van der Waals surface area contributed by atoms with Crippen LogP contribution in [0, 0.1) is 6.92 Å². The van der Waals surface area contributed by atoms with Crippen molar-refractivity contribution in [2.24, 2.45) is 5.10 Å². The SMILES string of the molecule is Cc1c(C(=O)N/N=C\c2cc(Br)cs2)nnn1-c1nonc1N. The van der Waals surface area contributed by atoms with Gasteiger partial charge in [-0.1, -0.05) is 5.21 Å². The summed E-state index contributed by atoms with van der Waals surface area (Å²) in [5, 5.41) is 20.5. The second kappa shape index (κ2) is 6.26. The van der Waals surface area contributed by atoms with Crippen molar-refractivity contribution in [2.45, 2.75) is 6.92 Å². The molecule has 0 aromatic carbocycles. The maximum absolute atomic E-state index is 12.1. The lowest BCUT2D eigenvalue weighted by Crippen LogP contribution is -2.19. The molecule has 3 aromatic rings. The van der Waals surface area contributed by atoms with Crippen molar-refractivity contribution in [1.82, 2.24) is 30.7 Å². The Kier molecular flexibility index (Phi) is 4.16. The van der Waals surface area contributed by atoms with Crippen LogP contribution in [0.4, 0.5) is 5.82 Å². The Balaban J connectivity index is 1.74. The van der Waals surface area contributed by atoms with Gasteiger partial charge in [0.15, 0.2) is 5.69 Å². The van der Waals surface area contributed by atoms with E-state index in [0.29, 0.717) is 5.69 Å². The summed E-state index contributed by atoms with van der Waals surface area (Å²) >= 11 is 4.82. The first-order valence-corrected chi connectivity index (χ1v) is 7.81. The molecule has 1 amide bonds. The third kappa shape index (κ3) is 3.12. The molecular formula is C11H9BrN8O2S. The molecule has 118 valence electrons. The van der Waals surface area contributed by atoms with Gasteiger partial charge < -0.3 is 5.73 Å². The number of rotatable bonds is 4. The summed E-state index contributed by atoms with van der Waals surface area (Å²) in [5.41, 5.74) is 8.50. The zero-order chi connectivity index (χ0) is 16.4. The van der Waals surface area contributed by atoms with Gasteiger partial charge in [-0.2, -0.15) is 9.78 Å². The molecule has 0 atom stereocenters. The van der Waals surface area contributed by atoms with Gasteiger partial charge in [0.05, 0.1) is 11.9 Å². The molecule has 0 radical (unpaired) electrons. The Morgan fingerprint density at radius 2 is 2.39 bits per heavy atom. The second-order valence-electron chi connectivity index (χ2n) is 4.27. The number of nitrogens with zero attached hydrogens (tertiary/aromatic N) is 6. The number of amides is 1. The molecule has 0 saturated carbocycles. The van der Waals surface area contributed by atoms with Crippen LogP contribution in [0.1, 0.15) is 21.1 Å². The zero-order valence-corrected chi connectivity index (χ0v) is 14.0. The molecule has 0 saturated heterocycles. The first kappa shape index (κ1) is 15.3. The van der Waals surface area contributed by atoms with Crippen molar-refractivity contribution in [3.8, 4) is 5.82 Å². The van der Waals surface area contributed by atoms with Gasteiger partial charge in [0.2, 0.25) is 11.6 Å². The van der Waals surface area contributed by atoms with Gasteiger partial charge in [-0.25, -0.2) is 10.1 Å². The van der Waals surface area contributed by atoms with Crippen LogP contribution in [0.5, 0.6) is 0 Å². The van der Waals surface area contributed by atoms with Gasteiger partial charge >= 0.3 is 0 Å². The van der Waals surface area contributed by atoms with Crippen LogP contribution >= 0.6 is 27.3 Å². The van der Waals surface area contributed by atoms with Crippen LogP contribution in [0.25, 0.3) is 5.82 Å². The van der Waals surface area contributed by atoms with E-state index in [9.17, 15) is 4.79 Å². The van der Waals surface area contributed by atoms with Gasteiger partial charge in [-0.15, -0.1) is 16.4 Å². The highest BCUT2D eigenvalue weighted by atomic mass is 79.9. The molecule has 0 unspecified atom stereocenters. The first-order valence-electron chi connectivity index (χ1n) is 6.14. The Morgan fingerprint density at radius 1 is 1.57 bits per heavy atom. The summed E-state index contributed by atoms with van der Waals surface area (Å²) in [6.07, 6.45) is 1.53. The van der Waals surface area contributed by atoms with Crippen molar-refractivity contribution in [1.29, 1.82) is 0 Å². The van der Waals surface area contributed by atoms with Gasteiger partial charge in [0.1, 0.15) is 0 Å². The van der Waals surface area contributed by atoms with Gasteiger partial charge in [-0.3, -0.25) is 4.79 Å². The molecule has 10 nitrogen and oxygen atoms in total. The number of carbonyl (C=O) groups is 1. The highest BCUT2D eigenvalue weighted by molar-refractivity contribution is 9.10. The molecule has 3 heterocycles. The van der Waals surface area contributed by atoms with Crippen molar-refractivity contribution in [3.05, 3.63) is 32.2 Å². The number of thiophene rings is 1. The van der Waals surface area contributed by atoms with E-state index < -0.39 is 5.91 Å². The third-order valence-electron chi connectivity index (χ3n) is 2.75. The summed E-state index contributed by atoms with van der Waals surface area (Å²) in [5.74, 6) is -0.289.